The molecule has 1 saturated heterocycles. The molecule has 1 aromatic heterocycles. The van der Waals surface area contributed by atoms with Crippen molar-refractivity contribution in [3.63, 3.8) is 0 Å². The number of anilines is 2. The molecule has 0 bridgehead atoms. The fourth-order valence-electron chi connectivity index (χ4n) is 5.44. The lowest BCUT2D eigenvalue weighted by Crippen LogP contribution is -2.46. The summed E-state index contributed by atoms with van der Waals surface area (Å²) >= 11 is 0. The smallest absolute Gasteiger partial charge is 0.341 e. The summed E-state index contributed by atoms with van der Waals surface area (Å²) < 4.78 is 1.76. The Bertz CT molecular complexity index is 1570. The zero-order chi connectivity index (χ0) is 30.9. The molecule has 4 rings (SSSR count). The van der Waals surface area contributed by atoms with E-state index in [0.717, 1.165) is 63.4 Å². The molecule has 10 nitrogen and oxygen atoms in total. The maximum absolute atomic E-state index is 12.7. The number of rotatable bonds is 13. The van der Waals surface area contributed by atoms with Gasteiger partial charge in [-0.25, -0.2) is 4.79 Å². The highest BCUT2D eigenvalue weighted by Gasteiger charge is 2.19. The third kappa shape index (κ3) is 8.04. The van der Waals surface area contributed by atoms with Crippen LogP contribution in [0.3, 0.4) is 0 Å². The molecule has 0 radical (unpaired) electrons. The number of carbonyl (C=O) groups excluding carboxylic acids is 1. The van der Waals surface area contributed by atoms with E-state index in [2.05, 4.69) is 46.9 Å². The Labute approximate surface area is 252 Å². The number of nitrogens with zero attached hydrogens (tertiary/aromatic N) is 3. The maximum atomic E-state index is 12.7. The van der Waals surface area contributed by atoms with Crippen LogP contribution in [0.4, 0.5) is 11.4 Å². The van der Waals surface area contributed by atoms with Gasteiger partial charge in [0.1, 0.15) is 11.4 Å². The van der Waals surface area contributed by atoms with Gasteiger partial charge in [0.25, 0.3) is 0 Å². The van der Waals surface area contributed by atoms with Gasteiger partial charge in [0.15, 0.2) is 0 Å². The third-order valence-electron chi connectivity index (χ3n) is 7.86. The lowest BCUT2D eigenvalue weighted by molar-refractivity contribution is -0.116. The predicted octanol–water partition coefficient (Wildman–Crippen LogP) is 3.69. The molecule has 1 aliphatic heterocycles. The van der Waals surface area contributed by atoms with E-state index >= 15 is 0 Å². The fourth-order valence-corrected chi connectivity index (χ4v) is 5.44. The number of hydrogen-bond donors (Lipinski definition) is 4. The van der Waals surface area contributed by atoms with Crippen LogP contribution >= 0.6 is 0 Å². The zero-order valence-electron chi connectivity index (χ0n) is 25.1. The molecule has 2 aromatic carbocycles. The Morgan fingerprint density at radius 3 is 2.56 bits per heavy atom. The summed E-state index contributed by atoms with van der Waals surface area (Å²) in [4.78, 5) is 41.2. The van der Waals surface area contributed by atoms with Gasteiger partial charge in [-0.05, 0) is 74.2 Å². The van der Waals surface area contributed by atoms with Gasteiger partial charge in [-0.1, -0.05) is 19.1 Å². The van der Waals surface area contributed by atoms with Gasteiger partial charge in [-0.15, -0.1) is 6.58 Å². The number of aromatic carboxylic acids is 1. The molecule has 5 N–H and O–H groups in total. The number of unbranched alkanes of at least 4 members (excludes halogenated alkanes) is 1. The Morgan fingerprint density at radius 2 is 1.86 bits per heavy atom. The second-order valence-corrected chi connectivity index (χ2v) is 10.9. The minimum Gasteiger partial charge on any atom is -0.477 e. The van der Waals surface area contributed by atoms with Crippen LogP contribution in [-0.2, 0) is 17.8 Å². The van der Waals surface area contributed by atoms with E-state index in [4.69, 9.17) is 5.73 Å². The van der Waals surface area contributed by atoms with Gasteiger partial charge in [-0.2, -0.15) is 0 Å². The number of hydrogen-bond acceptors (Lipinski definition) is 7. The lowest BCUT2D eigenvalue weighted by atomic mass is 10.1. The summed E-state index contributed by atoms with van der Waals surface area (Å²) in [6, 6.07) is 11.6. The van der Waals surface area contributed by atoms with E-state index in [-0.39, 0.29) is 11.5 Å². The quantitative estimate of drug-likeness (QED) is 0.135. The fraction of sp³-hybridized carbons (Fsp3) is 0.364. The first kappa shape index (κ1) is 31.4. The Hall–Kier alpha value is -4.57. The standard InChI is InChI=1S/C33H42N6O4/c1-4-13-39-22-28(33(42)43)32(41)27-11-10-26(20-29(27)39)38-17-15-37(16-18-38)14-7-6-12-35-31(40)21-30(34)36-25-9-8-23(3)24(5-2)19-25/h4,8-11,19-22,36H,1,5-7,12-18,34H2,2-3H3,(H,35,40)(H,42,43)/b30-21+. The number of aryl methyl sites for hydroxylation is 2. The second kappa shape index (κ2) is 14.6. The average molecular weight is 587 g/mol. The first-order valence-electron chi connectivity index (χ1n) is 14.8. The van der Waals surface area contributed by atoms with Crippen LogP contribution in [0.25, 0.3) is 10.9 Å². The molecule has 0 unspecified atom stereocenters. The summed E-state index contributed by atoms with van der Waals surface area (Å²) in [5.74, 6) is -1.14. The topological polar surface area (TPSA) is 133 Å². The number of carboxylic acid groups (broad SMARTS) is 1. The Balaban J connectivity index is 1.21. The highest BCUT2D eigenvalue weighted by molar-refractivity contribution is 5.93. The van der Waals surface area contributed by atoms with Crippen molar-refractivity contribution in [2.24, 2.45) is 5.73 Å². The molecule has 1 amide bonds. The first-order valence-corrected chi connectivity index (χ1v) is 14.8. The van der Waals surface area contributed by atoms with Crippen molar-refractivity contribution < 1.29 is 14.7 Å². The van der Waals surface area contributed by atoms with Gasteiger partial charge in [0.2, 0.25) is 11.3 Å². The van der Waals surface area contributed by atoms with Gasteiger partial charge in [0, 0.05) is 68.3 Å². The van der Waals surface area contributed by atoms with Crippen molar-refractivity contribution >= 4 is 34.2 Å². The summed E-state index contributed by atoms with van der Waals surface area (Å²) in [6.07, 6.45) is 7.24. The van der Waals surface area contributed by atoms with Gasteiger partial charge in [0.05, 0.1) is 5.52 Å². The van der Waals surface area contributed by atoms with E-state index in [1.807, 2.05) is 24.3 Å². The number of nitrogens with two attached hydrogens (primary N) is 1. The SMILES string of the molecule is C=CCn1cc(C(=O)O)c(=O)c2ccc(N3CCN(CCCCNC(=O)/C=C(\N)Nc4ccc(C)c(CC)c4)CC3)cc21. The molecule has 0 spiro atoms. The number of carbonyl (C=O) groups is 2. The number of carboxylic acids is 1. The molecule has 0 saturated carbocycles. The van der Waals surface area contributed by atoms with Crippen LogP contribution in [0.2, 0.25) is 0 Å². The van der Waals surface area contributed by atoms with Crippen molar-refractivity contribution in [1.82, 2.24) is 14.8 Å². The van der Waals surface area contributed by atoms with Crippen LogP contribution < -0.4 is 26.7 Å². The highest BCUT2D eigenvalue weighted by Crippen LogP contribution is 2.23. The van der Waals surface area contributed by atoms with Crippen LogP contribution in [-0.4, -0.2) is 65.7 Å². The van der Waals surface area contributed by atoms with Crippen molar-refractivity contribution in [1.29, 1.82) is 0 Å². The number of nitrogens with one attached hydrogen (secondary N) is 2. The van der Waals surface area contributed by atoms with Crippen LogP contribution in [0, 0.1) is 6.92 Å². The van der Waals surface area contributed by atoms with E-state index < -0.39 is 11.4 Å². The van der Waals surface area contributed by atoms with Crippen LogP contribution in [0.15, 0.2) is 71.9 Å². The molecule has 0 aliphatic carbocycles. The van der Waals surface area contributed by atoms with E-state index in [9.17, 15) is 19.5 Å². The second-order valence-electron chi connectivity index (χ2n) is 10.9. The molecule has 0 atom stereocenters. The zero-order valence-corrected chi connectivity index (χ0v) is 25.1. The average Bonchev–Trinajstić information content (AvgIpc) is 2.99. The van der Waals surface area contributed by atoms with Gasteiger partial charge in [-0.3, -0.25) is 14.5 Å². The minimum absolute atomic E-state index is 0.213. The van der Waals surface area contributed by atoms with Crippen molar-refractivity contribution in [2.75, 3.05) is 49.5 Å². The minimum atomic E-state index is -1.23. The maximum Gasteiger partial charge on any atom is 0.341 e. The Morgan fingerprint density at radius 1 is 1.09 bits per heavy atom. The lowest BCUT2D eigenvalue weighted by Gasteiger charge is -2.36. The molecule has 10 heteroatoms. The van der Waals surface area contributed by atoms with E-state index in [1.165, 1.54) is 23.4 Å². The van der Waals surface area contributed by atoms with E-state index in [0.29, 0.717) is 29.8 Å². The largest absolute Gasteiger partial charge is 0.477 e. The third-order valence-corrected chi connectivity index (χ3v) is 7.86. The number of piperazine rings is 1. The first-order chi connectivity index (χ1) is 20.7. The molecule has 228 valence electrons. The molecule has 43 heavy (non-hydrogen) atoms. The highest BCUT2D eigenvalue weighted by atomic mass is 16.4. The van der Waals surface area contributed by atoms with Crippen molar-refractivity contribution in [3.8, 4) is 0 Å². The number of amides is 1. The molecule has 3 aromatic rings. The Kier molecular flexibility index (Phi) is 10.6. The van der Waals surface area contributed by atoms with Gasteiger partial charge < -0.3 is 30.9 Å². The molecule has 1 aliphatic rings. The number of benzene rings is 2. The number of aromatic nitrogens is 1. The monoisotopic (exact) mass is 586 g/mol. The summed E-state index contributed by atoms with van der Waals surface area (Å²) in [5, 5.41) is 15.8. The van der Waals surface area contributed by atoms with Crippen molar-refractivity contribution in [3.05, 3.63) is 94.1 Å². The van der Waals surface area contributed by atoms with Crippen molar-refractivity contribution in [2.45, 2.75) is 39.7 Å². The van der Waals surface area contributed by atoms with E-state index in [1.54, 1.807) is 16.7 Å². The number of allylic oxidation sites excluding steroid dienone is 1. The summed E-state index contributed by atoms with van der Waals surface area (Å²) in [5.41, 5.74) is 10.4. The number of fused-ring (bicyclic) bond motifs is 1. The number of pyridine rings is 1. The normalized spacial score (nSPS) is 14.1. The van der Waals surface area contributed by atoms with Crippen LogP contribution in [0.1, 0.15) is 41.3 Å². The van der Waals surface area contributed by atoms with Gasteiger partial charge >= 0.3 is 5.97 Å². The molecule has 1 fully saturated rings. The molecular formula is C33H42N6O4. The molecule has 2 heterocycles. The molecular weight excluding hydrogens is 544 g/mol. The summed E-state index contributed by atoms with van der Waals surface area (Å²) in [6.45, 7) is 13.4. The van der Waals surface area contributed by atoms with Crippen LogP contribution in [0.5, 0.6) is 0 Å². The predicted molar refractivity (Wildman–Crippen MR) is 173 cm³/mol. The summed E-state index contributed by atoms with van der Waals surface area (Å²) in [7, 11) is 0.